The number of sulfonamides is 1. The molecule has 3 rings (SSSR count). The molecular formula is C21H24ClNO6S2. The lowest BCUT2D eigenvalue weighted by Gasteiger charge is -2.34. The van der Waals surface area contributed by atoms with Crippen LogP contribution in [0.4, 0.5) is 0 Å². The number of carbonyl (C=O) groups is 2. The van der Waals surface area contributed by atoms with E-state index >= 15 is 0 Å². The molecular weight excluding hydrogens is 462 g/mol. The highest BCUT2D eigenvalue weighted by Crippen LogP contribution is 2.32. The summed E-state index contributed by atoms with van der Waals surface area (Å²) in [5.41, 5.74) is 0.0227. The van der Waals surface area contributed by atoms with Gasteiger partial charge in [-0.2, -0.15) is 4.31 Å². The molecule has 2 heterocycles. The van der Waals surface area contributed by atoms with Crippen molar-refractivity contribution in [2.75, 3.05) is 26.8 Å². The molecule has 1 aliphatic rings. The van der Waals surface area contributed by atoms with Gasteiger partial charge in [-0.25, -0.2) is 13.2 Å². The standard InChI is InChI=1S/C21H24ClNO6S2/c1-13-8-14(2)11-23(10-13)31(26,27)19-9-15(4-5-17(19)28-3)21(25)29-12-16(24)18-6-7-20(22)30-18/h4-7,9,13-14H,8,10-12H2,1-3H3. The minimum atomic E-state index is -3.88. The summed E-state index contributed by atoms with van der Waals surface area (Å²) in [5.74, 6) is -0.575. The molecule has 2 unspecified atom stereocenters. The quantitative estimate of drug-likeness (QED) is 0.433. The van der Waals surface area contributed by atoms with E-state index in [4.69, 9.17) is 21.1 Å². The average Bonchev–Trinajstić information content (AvgIpc) is 3.17. The number of halogens is 1. The van der Waals surface area contributed by atoms with Crippen molar-refractivity contribution in [3.8, 4) is 5.75 Å². The van der Waals surface area contributed by atoms with Crippen LogP contribution in [-0.4, -0.2) is 51.3 Å². The lowest BCUT2D eigenvalue weighted by atomic mass is 9.94. The van der Waals surface area contributed by atoms with Gasteiger partial charge in [0.15, 0.2) is 6.61 Å². The molecule has 0 bridgehead atoms. The molecule has 0 N–H and O–H groups in total. The summed E-state index contributed by atoms with van der Waals surface area (Å²) in [6, 6.07) is 7.22. The highest BCUT2D eigenvalue weighted by atomic mass is 35.5. The molecule has 0 spiro atoms. The molecule has 1 aliphatic heterocycles. The second-order valence-corrected chi connectivity index (χ2v) is 11.4. The number of nitrogens with zero attached hydrogens (tertiary/aromatic N) is 1. The van der Waals surface area contributed by atoms with Crippen molar-refractivity contribution in [3.63, 3.8) is 0 Å². The van der Waals surface area contributed by atoms with E-state index in [0.717, 1.165) is 17.8 Å². The number of methoxy groups -OCH3 is 1. The van der Waals surface area contributed by atoms with Crippen molar-refractivity contribution in [1.29, 1.82) is 0 Å². The zero-order valence-corrected chi connectivity index (χ0v) is 19.8. The van der Waals surface area contributed by atoms with Crippen LogP contribution in [0, 0.1) is 11.8 Å². The van der Waals surface area contributed by atoms with Gasteiger partial charge < -0.3 is 9.47 Å². The number of esters is 1. The van der Waals surface area contributed by atoms with Crippen molar-refractivity contribution in [2.45, 2.75) is 25.2 Å². The first-order valence-corrected chi connectivity index (χ1v) is 12.4. The van der Waals surface area contributed by atoms with E-state index in [1.54, 1.807) is 12.1 Å². The highest BCUT2D eigenvalue weighted by Gasteiger charge is 2.34. The van der Waals surface area contributed by atoms with Gasteiger partial charge in [-0.1, -0.05) is 25.4 Å². The summed E-state index contributed by atoms with van der Waals surface area (Å²) in [6.07, 6.45) is 0.957. The maximum absolute atomic E-state index is 13.3. The summed E-state index contributed by atoms with van der Waals surface area (Å²) in [6.45, 7) is 4.37. The molecule has 1 aromatic carbocycles. The molecule has 0 aliphatic carbocycles. The Morgan fingerprint density at radius 3 is 2.42 bits per heavy atom. The molecule has 0 saturated carbocycles. The number of thiophene rings is 1. The number of rotatable bonds is 7. The molecule has 1 aromatic heterocycles. The third-order valence-electron chi connectivity index (χ3n) is 5.03. The summed E-state index contributed by atoms with van der Waals surface area (Å²) in [4.78, 5) is 24.9. The lowest BCUT2D eigenvalue weighted by Crippen LogP contribution is -2.42. The second-order valence-electron chi connectivity index (χ2n) is 7.74. The number of Topliss-reactive ketones (excluding diaryl/α,β-unsaturated/α-hetero) is 1. The Morgan fingerprint density at radius 2 is 1.84 bits per heavy atom. The molecule has 0 radical (unpaired) electrons. The maximum atomic E-state index is 13.3. The number of ketones is 1. The molecule has 1 saturated heterocycles. The number of piperidine rings is 1. The van der Waals surface area contributed by atoms with Crippen molar-refractivity contribution < 1.29 is 27.5 Å². The largest absolute Gasteiger partial charge is 0.495 e. The minimum Gasteiger partial charge on any atom is -0.495 e. The molecule has 0 amide bonds. The van der Waals surface area contributed by atoms with Crippen LogP contribution in [0.1, 0.15) is 40.3 Å². The zero-order valence-electron chi connectivity index (χ0n) is 17.5. The Hall–Kier alpha value is -1.94. The first-order chi connectivity index (χ1) is 14.6. The van der Waals surface area contributed by atoms with Crippen LogP contribution in [0.2, 0.25) is 4.34 Å². The Bertz CT molecular complexity index is 1070. The first-order valence-electron chi connectivity index (χ1n) is 9.75. The number of hydrogen-bond acceptors (Lipinski definition) is 7. The van der Waals surface area contributed by atoms with E-state index in [1.165, 1.54) is 29.6 Å². The summed E-state index contributed by atoms with van der Waals surface area (Å²) < 4.78 is 38.9. The van der Waals surface area contributed by atoms with Gasteiger partial charge >= 0.3 is 5.97 Å². The van der Waals surface area contributed by atoms with Gasteiger partial charge in [0.1, 0.15) is 10.6 Å². The Kier molecular flexibility index (Phi) is 7.41. The smallest absolute Gasteiger partial charge is 0.338 e. The first kappa shape index (κ1) is 23.7. The monoisotopic (exact) mass is 485 g/mol. The number of hydrogen-bond donors (Lipinski definition) is 0. The van der Waals surface area contributed by atoms with E-state index in [9.17, 15) is 18.0 Å². The van der Waals surface area contributed by atoms with Crippen LogP contribution in [0.15, 0.2) is 35.2 Å². The van der Waals surface area contributed by atoms with Gasteiger partial charge in [0.05, 0.1) is 21.9 Å². The topological polar surface area (TPSA) is 90.0 Å². The Balaban J connectivity index is 1.81. The molecule has 7 nitrogen and oxygen atoms in total. The van der Waals surface area contributed by atoms with Crippen LogP contribution < -0.4 is 4.74 Å². The molecule has 2 atom stereocenters. The van der Waals surface area contributed by atoms with Gasteiger partial charge in [-0.05, 0) is 48.6 Å². The number of carbonyl (C=O) groups excluding carboxylic acids is 2. The Morgan fingerprint density at radius 1 is 1.16 bits per heavy atom. The van der Waals surface area contributed by atoms with Crippen LogP contribution in [0.3, 0.4) is 0 Å². The fraction of sp³-hybridized carbons (Fsp3) is 0.429. The zero-order chi connectivity index (χ0) is 22.8. The molecule has 1 fully saturated rings. The molecule has 10 heteroatoms. The summed E-state index contributed by atoms with van der Waals surface area (Å²) >= 11 is 6.91. The van der Waals surface area contributed by atoms with Crippen molar-refractivity contribution in [3.05, 3.63) is 45.1 Å². The lowest BCUT2D eigenvalue weighted by molar-refractivity contribution is 0.0475. The summed E-state index contributed by atoms with van der Waals surface area (Å²) in [7, 11) is -2.50. The number of ether oxygens (including phenoxy) is 2. The van der Waals surface area contributed by atoms with Crippen LogP contribution >= 0.6 is 22.9 Å². The van der Waals surface area contributed by atoms with Gasteiger partial charge in [0.25, 0.3) is 0 Å². The molecule has 2 aromatic rings. The SMILES string of the molecule is COc1ccc(C(=O)OCC(=O)c2ccc(Cl)s2)cc1S(=O)(=O)N1CC(C)CC(C)C1. The van der Waals surface area contributed by atoms with Crippen molar-refractivity contribution >= 4 is 44.7 Å². The van der Waals surface area contributed by atoms with E-state index in [2.05, 4.69) is 0 Å². The van der Waals surface area contributed by atoms with E-state index in [0.29, 0.717) is 22.3 Å². The second kappa shape index (κ2) is 9.68. The van der Waals surface area contributed by atoms with Crippen LogP contribution in [0.5, 0.6) is 5.75 Å². The van der Waals surface area contributed by atoms with Crippen LogP contribution in [0.25, 0.3) is 0 Å². The minimum absolute atomic E-state index is 0.0227. The highest BCUT2D eigenvalue weighted by molar-refractivity contribution is 7.89. The Labute approximate surface area is 191 Å². The normalized spacial score (nSPS) is 19.7. The van der Waals surface area contributed by atoms with Crippen molar-refractivity contribution in [2.24, 2.45) is 11.8 Å². The van der Waals surface area contributed by atoms with Gasteiger partial charge in [0.2, 0.25) is 15.8 Å². The third-order valence-corrected chi connectivity index (χ3v) is 8.16. The third kappa shape index (κ3) is 5.46. The maximum Gasteiger partial charge on any atom is 0.338 e. The summed E-state index contributed by atoms with van der Waals surface area (Å²) in [5, 5.41) is 0. The van der Waals surface area contributed by atoms with Crippen LogP contribution in [-0.2, 0) is 14.8 Å². The number of benzene rings is 1. The fourth-order valence-corrected chi connectivity index (χ4v) is 6.52. The predicted molar refractivity (Wildman–Crippen MR) is 119 cm³/mol. The van der Waals surface area contributed by atoms with E-state index in [1.807, 2.05) is 13.8 Å². The van der Waals surface area contributed by atoms with Crippen molar-refractivity contribution in [1.82, 2.24) is 4.31 Å². The average molecular weight is 486 g/mol. The predicted octanol–water partition coefficient (Wildman–Crippen LogP) is 4.12. The van der Waals surface area contributed by atoms with Gasteiger partial charge in [-0.15, -0.1) is 11.3 Å². The molecule has 168 valence electrons. The molecule has 31 heavy (non-hydrogen) atoms. The van der Waals surface area contributed by atoms with E-state index in [-0.39, 0.29) is 33.8 Å². The fourth-order valence-electron chi connectivity index (χ4n) is 3.70. The van der Waals surface area contributed by atoms with E-state index < -0.39 is 22.6 Å². The van der Waals surface area contributed by atoms with Gasteiger partial charge in [-0.3, -0.25) is 4.79 Å². The van der Waals surface area contributed by atoms with Gasteiger partial charge in [0, 0.05) is 13.1 Å².